The Balaban J connectivity index is 1.52. The number of hydrogen-bond acceptors (Lipinski definition) is 5. The zero-order chi connectivity index (χ0) is 19.7. The predicted molar refractivity (Wildman–Crippen MR) is 103 cm³/mol. The molecule has 0 radical (unpaired) electrons. The van der Waals surface area contributed by atoms with E-state index in [4.69, 9.17) is 4.52 Å². The van der Waals surface area contributed by atoms with Crippen LogP contribution in [-0.4, -0.2) is 47.2 Å². The van der Waals surface area contributed by atoms with Gasteiger partial charge in [0, 0.05) is 37.4 Å². The van der Waals surface area contributed by atoms with Crippen molar-refractivity contribution in [2.75, 3.05) is 31.1 Å². The number of nitrogens with zero attached hydrogens (tertiary/aromatic N) is 3. The Morgan fingerprint density at radius 1 is 1.11 bits per heavy atom. The predicted octanol–water partition coefficient (Wildman–Crippen LogP) is 3.46. The summed E-state index contributed by atoms with van der Waals surface area (Å²) in [6, 6.07) is 13.0. The minimum Gasteiger partial charge on any atom is -0.508 e. The van der Waals surface area contributed by atoms with Crippen molar-refractivity contribution in [2.24, 2.45) is 0 Å². The Labute approximate surface area is 161 Å². The van der Waals surface area contributed by atoms with E-state index in [1.54, 1.807) is 36.1 Å². The van der Waals surface area contributed by atoms with E-state index in [0.29, 0.717) is 48.8 Å². The van der Waals surface area contributed by atoms with E-state index >= 15 is 0 Å². The first-order chi connectivity index (χ1) is 13.5. The molecule has 3 aromatic rings. The van der Waals surface area contributed by atoms with Gasteiger partial charge >= 0.3 is 0 Å². The van der Waals surface area contributed by atoms with Crippen molar-refractivity contribution in [3.8, 4) is 17.0 Å². The van der Waals surface area contributed by atoms with Gasteiger partial charge in [-0.05, 0) is 43.3 Å². The highest BCUT2D eigenvalue weighted by Crippen LogP contribution is 2.28. The van der Waals surface area contributed by atoms with Crippen LogP contribution in [0.25, 0.3) is 11.3 Å². The molecular weight excluding hydrogens is 361 g/mol. The quantitative estimate of drug-likeness (QED) is 0.752. The standard InChI is InChI=1S/C21H20FN3O3/c1-14-19(20(23-28-14)15-3-2-4-16(22)13-15)21(27)25-11-9-24(10-12-25)17-5-7-18(26)8-6-17/h2-8,13,26H,9-12H2,1H3. The molecule has 7 heteroatoms. The summed E-state index contributed by atoms with van der Waals surface area (Å²) in [4.78, 5) is 17.1. The van der Waals surface area contributed by atoms with Gasteiger partial charge in [-0.2, -0.15) is 0 Å². The third kappa shape index (κ3) is 3.43. The third-order valence-corrected chi connectivity index (χ3v) is 4.96. The van der Waals surface area contributed by atoms with Gasteiger partial charge in [-0.1, -0.05) is 17.3 Å². The Kier molecular flexibility index (Phi) is 4.73. The number of phenolic OH excluding ortho intramolecular Hbond substituents is 1. The van der Waals surface area contributed by atoms with Crippen molar-refractivity contribution >= 4 is 11.6 Å². The SMILES string of the molecule is Cc1onc(-c2cccc(F)c2)c1C(=O)N1CCN(c2ccc(O)cc2)CC1. The number of carbonyl (C=O) groups is 1. The van der Waals surface area contributed by atoms with Crippen LogP contribution < -0.4 is 4.90 Å². The average molecular weight is 381 g/mol. The molecule has 1 N–H and O–H groups in total. The average Bonchev–Trinajstić information content (AvgIpc) is 3.10. The summed E-state index contributed by atoms with van der Waals surface area (Å²) in [7, 11) is 0. The molecule has 1 saturated heterocycles. The number of carbonyl (C=O) groups excluding carboxylic acids is 1. The highest BCUT2D eigenvalue weighted by Gasteiger charge is 2.28. The number of aryl methyl sites for hydroxylation is 1. The Bertz CT molecular complexity index is 992. The highest BCUT2D eigenvalue weighted by molar-refractivity contribution is 6.00. The second-order valence-electron chi connectivity index (χ2n) is 6.77. The summed E-state index contributed by atoms with van der Waals surface area (Å²) < 4.78 is 18.9. The molecule has 6 nitrogen and oxygen atoms in total. The zero-order valence-corrected chi connectivity index (χ0v) is 15.4. The molecule has 2 aromatic carbocycles. The maximum absolute atomic E-state index is 13.6. The van der Waals surface area contributed by atoms with Gasteiger partial charge in [0.05, 0.1) is 0 Å². The lowest BCUT2D eigenvalue weighted by molar-refractivity contribution is 0.0745. The monoisotopic (exact) mass is 381 g/mol. The van der Waals surface area contributed by atoms with Crippen LogP contribution >= 0.6 is 0 Å². The van der Waals surface area contributed by atoms with E-state index in [-0.39, 0.29) is 17.5 Å². The lowest BCUT2D eigenvalue weighted by Crippen LogP contribution is -2.49. The normalized spacial score (nSPS) is 14.4. The molecule has 0 saturated carbocycles. The van der Waals surface area contributed by atoms with Crippen LogP contribution in [0.2, 0.25) is 0 Å². The lowest BCUT2D eigenvalue weighted by atomic mass is 10.0. The molecular formula is C21H20FN3O3. The fraction of sp³-hybridized carbons (Fsp3) is 0.238. The Morgan fingerprint density at radius 2 is 1.82 bits per heavy atom. The molecule has 2 heterocycles. The van der Waals surface area contributed by atoms with Gasteiger partial charge in [0.1, 0.15) is 28.6 Å². The molecule has 0 spiro atoms. The molecule has 0 bridgehead atoms. The number of piperazine rings is 1. The number of hydrogen-bond donors (Lipinski definition) is 1. The fourth-order valence-corrected chi connectivity index (χ4v) is 3.45. The van der Waals surface area contributed by atoms with Crippen LogP contribution in [-0.2, 0) is 0 Å². The molecule has 1 aliphatic heterocycles. The van der Waals surface area contributed by atoms with Gasteiger partial charge < -0.3 is 19.4 Å². The van der Waals surface area contributed by atoms with Gasteiger partial charge in [-0.25, -0.2) is 4.39 Å². The maximum atomic E-state index is 13.6. The Hall–Kier alpha value is -3.35. The van der Waals surface area contributed by atoms with Crippen LogP contribution in [0.5, 0.6) is 5.75 Å². The van der Waals surface area contributed by atoms with Crippen molar-refractivity contribution in [3.05, 3.63) is 65.7 Å². The number of halogens is 1. The molecule has 1 fully saturated rings. The molecule has 28 heavy (non-hydrogen) atoms. The van der Waals surface area contributed by atoms with Crippen molar-refractivity contribution in [3.63, 3.8) is 0 Å². The van der Waals surface area contributed by atoms with E-state index in [1.165, 1.54) is 12.1 Å². The third-order valence-electron chi connectivity index (χ3n) is 4.96. The molecule has 1 aromatic heterocycles. The lowest BCUT2D eigenvalue weighted by Gasteiger charge is -2.36. The number of aromatic hydroxyl groups is 1. The molecule has 144 valence electrons. The maximum Gasteiger partial charge on any atom is 0.259 e. The first kappa shape index (κ1) is 18.0. The molecule has 1 aliphatic rings. The number of amides is 1. The topological polar surface area (TPSA) is 69.8 Å². The molecule has 0 aliphatic carbocycles. The fourth-order valence-electron chi connectivity index (χ4n) is 3.45. The van der Waals surface area contributed by atoms with Crippen LogP contribution in [0, 0.1) is 12.7 Å². The second-order valence-corrected chi connectivity index (χ2v) is 6.77. The van der Waals surface area contributed by atoms with E-state index in [2.05, 4.69) is 10.1 Å². The van der Waals surface area contributed by atoms with Crippen molar-refractivity contribution in [1.82, 2.24) is 10.1 Å². The summed E-state index contributed by atoms with van der Waals surface area (Å²) >= 11 is 0. The zero-order valence-electron chi connectivity index (χ0n) is 15.4. The highest BCUT2D eigenvalue weighted by atomic mass is 19.1. The summed E-state index contributed by atoms with van der Waals surface area (Å²) in [5.74, 6) is 0.0954. The van der Waals surface area contributed by atoms with E-state index in [9.17, 15) is 14.3 Å². The number of phenols is 1. The van der Waals surface area contributed by atoms with Crippen LogP contribution in [0.15, 0.2) is 53.1 Å². The Morgan fingerprint density at radius 3 is 2.50 bits per heavy atom. The second kappa shape index (κ2) is 7.34. The minimum atomic E-state index is -0.390. The van der Waals surface area contributed by atoms with Crippen LogP contribution in [0.4, 0.5) is 10.1 Å². The number of benzene rings is 2. The van der Waals surface area contributed by atoms with E-state index in [0.717, 1.165) is 5.69 Å². The van der Waals surface area contributed by atoms with Gasteiger partial charge in [0.25, 0.3) is 5.91 Å². The molecule has 0 atom stereocenters. The first-order valence-corrected chi connectivity index (χ1v) is 9.08. The molecule has 4 rings (SSSR count). The van der Waals surface area contributed by atoms with E-state index in [1.807, 2.05) is 12.1 Å². The van der Waals surface area contributed by atoms with Gasteiger partial charge in [-0.15, -0.1) is 0 Å². The number of anilines is 1. The van der Waals surface area contributed by atoms with Crippen molar-refractivity contribution in [2.45, 2.75) is 6.92 Å². The summed E-state index contributed by atoms with van der Waals surface area (Å²) in [6.07, 6.45) is 0. The van der Waals surface area contributed by atoms with Crippen molar-refractivity contribution < 1.29 is 18.8 Å². The van der Waals surface area contributed by atoms with Gasteiger partial charge in [0.2, 0.25) is 0 Å². The first-order valence-electron chi connectivity index (χ1n) is 9.08. The molecule has 1 amide bonds. The van der Waals surface area contributed by atoms with E-state index < -0.39 is 0 Å². The summed E-state index contributed by atoms with van der Waals surface area (Å²) in [5, 5.41) is 13.4. The smallest absolute Gasteiger partial charge is 0.259 e. The van der Waals surface area contributed by atoms with Gasteiger partial charge in [0.15, 0.2) is 0 Å². The van der Waals surface area contributed by atoms with Gasteiger partial charge in [-0.3, -0.25) is 4.79 Å². The summed E-state index contributed by atoms with van der Waals surface area (Å²) in [5.41, 5.74) is 2.26. The number of aromatic nitrogens is 1. The summed E-state index contributed by atoms with van der Waals surface area (Å²) in [6.45, 7) is 4.14. The number of rotatable bonds is 3. The minimum absolute atomic E-state index is 0.164. The van der Waals surface area contributed by atoms with Crippen LogP contribution in [0.1, 0.15) is 16.1 Å². The molecule has 0 unspecified atom stereocenters. The largest absolute Gasteiger partial charge is 0.508 e. The van der Waals surface area contributed by atoms with Crippen molar-refractivity contribution in [1.29, 1.82) is 0 Å². The van der Waals surface area contributed by atoms with Crippen LogP contribution in [0.3, 0.4) is 0 Å².